The monoisotopic (exact) mass is 564 g/mol. The van der Waals surface area contributed by atoms with Gasteiger partial charge < -0.3 is 19.8 Å². The summed E-state index contributed by atoms with van der Waals surface area (Å²) in [5.74, 6) is -0.143. The van der Waals surface area contributed by atoms with Crippen molar-refractivity contribution in [2.45, 2.75) is 64.0 Å². The van der Waals surface area contributed by atoms with Crippen LogP contribution in [-0.4, -0.2) is 35.3 Å². The summed E-state index contributed by atoms with van der Waals surface area (Å²) < 4.78 is 11.8. The summed E-state index contributed by atoms with van der Waals surface area (Å²) in [5, 5.41) is 3.84. The number of para-hydroxylation sites is 1. The Balaban J connectivity index is 1.29. The molecule has 218 valence electrons. The normalized spacial score (nSPS) is 14.1. The summed E-state index contributed by atoms with van der Waals surface area (Å²) >= 11 is 0. The van der Waals surface area contributed by atoms with Crippen molar-refractivity contribution in [2.24, 2.45) is 5.92 Å². The molecule has 1 aromatic heterocycles. The lowest BCUT2D eigenvalue weighted by Gasteiger charge is -2.28. The quantitative estimate of drug-likeness (QED) is 0.135. The lowest BCUT2D eigenvalue weighted by molar-refractivity contribution is -0.159. The van der Waals surface area contributed by atoms with E-state index in [1.807, 2.05) is 74.7 Å². The maximum Gasteiger partial charge on any atom is 0.407 e. The standard InChI is InChI=1S/C36H40N2O4/c1-5-24(2)13-12-20-36(3,4)42-34(39)33(21-25-22-37-32-19-11-10-14-26(25)32)38-35(40)41-23-31-29-17-8-6-15-27(29)28-16-7-9-18-30(28)31/h5-11,14-19,22,24,31,33,37H,1,12-13,20-21,23H2,2-4H3,(H,38,40)/t24?,33-/m0/s1. The third-order valence-electron chi connectivity index (χ3n) is 8.24. The van der Waals surface area contributed by atoms with Crippen molar-refractivity contribution in [3.05, 3.63) is 108 Å². The first-order valence-electron chi connectivity index (χ1n) is 14.8. The van der Waals surface area contributed by atoms with Gasteiger partial charge in [0.25, 0.3) is 0 Å². The number of carbonyl (C=O) groups excluding carboxylic acids is 2. The molecular weight excluding hydrogens is 524 g/mol. The minimum Gasteiger partial charge on any atom is -0.458 e. The maximum absolute atomic E-state index is 13.6. The highest BCUT2D eigenvalue weighted by Crippen LogP contribution is 2.44. The Morgan fingerprint density at radius 2 is 1.64 bits per heavy atom. The molecule has 1 unspecified atom stereocenters. The van der Waals surface area contributed by atoms with Crippen LogP contribution in [0.2, 0.25) is 0 Å². The molecule has 5 rings (SSSR count). The highest BCUT2D eigenvalue weighted by Gasteiger charge is 2.32. The summed E-state index contributed by atoms with van der Waals surface area (Å²) in [7, 11) is 0. The van der Waals surface area contributed by atoms with E-state index in [9.17, 15) is 9.59 Å². The average Bonchev–Trinajstić information content (AvgIpc) is 3.54. The van der Waals surface area contributed by atoms with Crippen LogP contribution in [0.4, 0.5) is 4.79 Å². The number of carbonyl (C=O) groups is 2. The third kappa shape index (κ3) is 6.59. The van der Waals surface area contributed by atoms with Crippen LogP contribution in [0, 0.1) is 5.92 Å². The molecule has 4 aromatic rings. The largest absolute Gasteiger partial charge is 0.458 e. The first kappa shape index (κ1) is 29.2. The molecule has 0 saturated heterocycles. The molecule has 0 spiro atoms. The first-order chi connectivity index (χ1) is 20.3. The fraction of sp³-hybridized carbons (Fsp3) is 0.333. The molecule has 2 atom stereocenters. The highest BCUT2D eigenvalue weighted by molar-refractivity contribution is 5.86. The Morgan fingerprint density at radius 3 is 2.33 bits per heavy atom. The molecule has 0 radical (unpaired) electrons. The van der Waals surface area contributed by atoms with Crippen LogP contribution in [0.1, 0.15) is 62.6 Å². The molecular formula is C36H40N2O4. The third-order valence-corrected chi connectivity index (χ3v) is 8.24. The maximum atomic E-state index is 13.6. The lowest BCUT2D eigenvalue weighted by atomic mass is 9.96. The number of fused-ring (bicyclic) bond motifs is 4. The van der Waals surface area contributed by atoms with Gasteiger partial charge in [0.1, 0.15) is 18.2 Å². The van der Waals surface area contributed by atoms with Gasteiger partial charge in [-0.3, -0.25) is 0 Å². The van der Waals surface area contributed by atoms with Gasteiger partial charge in [0, 0.05) is 29.4 Å². The molecule has 1 amide bonds. The average molecular weight is 565 g/mol. The molecule has 0 bridgehead atoms. The number of rotatable bonds is 12. The molecule has 0 saturated carbocycles. The summed E-state index contributed by atoms with van der Waals surface area (Å²) in [6.07, 6.45) is 6.04. The molecule has 1 heterocycles. The molecule has 6 nitrogen and oxygen atoms in total. The van der Waals surface area contributed by atoms with Crippen molar-refractivity contribution in [1.29, 1.82) is 0 Å². The van der Waals surface area contributed by atoms with Crippen LogP contribution in [-0.2, 0) is 20.7 Å². The van der Waals surface area contributed by atoms with E-state index in [-0.39, 0.29) is 18.9 Å². The molecule has 0 fully saturated rings. The fourth-order valence-corrected chi connectivity index (χ4v) is 5.86. The van der Waals surface area contributed by atoms with Crippen LogP contribution in [0.3, 0.4) is 0 Å². The summed E-state index contributed by atoms with van der Waals surface area (Å²) in [6, 6.07) is 23.4. The van der Waals surface area contributed by atoms with Gasteiger partial charge in [0.05, 0.1) is 0 Å². The number of aromatic amines is 1. The van der Waals surface area contributed by atoms with Crippen molar-refractivity contribution in [3.63, 3.8) is 0 Å². The molecule has 1 aliphatic carbocycles. The van der Waals surface area contributed by atoms with Crippen molar-refractivity contribution in [3.8, 4) is 11.1 Å². The Morgan fingerprint density at radius 1 is 1.00 bits per heavy atom. The van der Waals surface area contributed by atoms with Crippen LogP contribution in [0.25, 0.3) is 22.0 Å². The number of esters is 1. The van der Waals surface area contributed by atoms with E-state index >= 15 is 0 Å². The Kier molecular flexibility index (Phi) is 8.81. The zero-order valence-electron chi connectivity index (χ0n) is 24.7. The van der Waals surface area contributed by atoms with E-state index in [2.05, 4.69) is 48.1 Å². The summed E-state index contributed by atoms with van der Waals surface area (Å²) in [5.41, 5.74) is 5.79. The Hall–Kier alpha value is -4.32. The van der Waals surface area contributed by atoms with Gasteiger partial charge in [0.15, 0.2) is 0 Å². The van der Waals surface area contributed by atoms with Crippen molar-refractivity contribution < 1.29 is 19.1 Å². The van der Waals surface area contributed by atoms with E-state index in [0.717, 1.165) is 51.6 Å². The molecule has 0 aliphatic heterocycles. The molecule has 2 N–H and O–H groups in total. The number of aromatic nitrogens is 1. The summed E-state index contributed by atoms with van der Waals surface area (Å²) in [6.45, 7) is 9.98. The molecule has 3 aromatic carbocycles. The van der Waals surface area contributed by atoms with Gasteiger partial charge in [0.2, 0.25) is 0 Å². The topological polar surface area (TPSA) is 80.4 Å². The first-order valence-corrected chi connectivity index (χ1v) is 14.8. The number of nitrogens with one attached hydrogen (secondary N) is 2. The van der Waals surface area contributed by atoms with Gasteiger partial charge >= 0.3 is 12.1 Å². The number of allylic oxidation sites excluding steroid dienone is 1. The van der Waals surface area contributed by atoms with Crippen LogP contribution in [0.5, 0.6) is 0 Å². The lowest BCUT2D eigenvalue weighted by Crippen LogP contribution is -2.46. The van der Waals surface area contributed by atoms with Crippen molar-refractivity contribution in [2.75, 3.05) is 6.61 Å². The van der Waals surface area contributed by atoms with Crippen LogP contribution < -0.4 is 5.32 Å². The minimum atomic E-state index is -0.911. The van der Waals surface area contributed by atoms with Gasteiger partial charge in [-0.2, -0.15) is 0 Å². The van der Waals surface area contributed by atoms with E-state index in [1.54, 1.807) is 0 Å². The van der Waals surface area contributed by atoms with Gasteiger partial charge in [-0.05, 0) is 72.9 Å². The smallest absolute Gasteiger partial charge is 0.407 e. The fourth-order valence-electron chi connectivity index (χ4n) is 5.86. The van der Waals surface area contributed by atoms with E-state index in [1.165, 1.54) is 0 Å². The van der Waals surface area contributed by atoms with E-state index in [0.29, 0.717) is 12.3 Å². The van der Waals surface area contributed by atoms with Gasteiger partial charge in [-0.1, -0.05) is 79.7 Å². The van der Waals surface area contributed by atoms with Gasteiger partial charge in [-0.25, -0.2) is 9.59 Å². The second-order valence-electron chi connectivity index (χ2n) is 11.9. The zero-order chi connectivity index (χ0) is 29.7. The minimum absolute atomic E-state index is 0.0703. The number of alkyl carbamates (subject to hydrolysis) is 1. The second-order valence-corrected chi connectivity index (χ2v) is 11.9. The number of hydrogen-bond donors (Lipinski definition) is 2. The van der Waals surface area contributed by atoms with Crippen LogP contribution >= 0.6 is 0 Å². The van der Waals surface area contributed by atoms with Crippen molar-refractivity contribution >= 4 is 23.0 Å². The van der Waals surface area contributed by atoms with Crippen molar-refractivity contribution in [1.82, 2.24) is 10.3 Å². The number of ether oxygens (including phenoxy) is 2. The van der Waals surface area contributed by atoms with Crippen LogP contribution in [0.15, 0.2) is 91.6 Å². The second kappa shape index (κ2) is 12.7. The van der Waals surface area contributed by atoms with Gasteiger partial charge in [-0.15, -0.1) is 6.58 Å². The number of hydrogen-bond acceptors (Lipinski definition) is 4. The predicted molar refractivity (Wildman–Crippen MR) is 167 cm³/mol. The Bertz CT molecular complexity index is 1520. The number of benzene rings is 3. The predicted octanol–water partition coefficient (Wildman–Crippen LogP) is 7.93. The molecule has 1 aliphatic rings. The zero-order valence-corrected chi connectivity index (χ0v) is 24.7. The summed E-state index contributed by atoms with van der Waals surface area (Å²) in [4.78, 5) is 30.1. The highest BCUT2D eigenvalue weighted by atomic mass is 16.6. The number of amides is 1. The van der Waals surface area contributed by atoms with E-state index < -0.39 is 23.7 Å². The molecule has 6 heteroatoms. The SMILES string of the molecule is C=CC(C)CCCC(C)(C)OC(=O)[C@H](Cc1c[nH]c2ccccc12)NC(=O)OCC1c2ccccc2-c2ccccc21. The Labute approximate surface area is 248 Å². The number of H-pyrrole nitrogens is 1. The molecule has 42 heavy (non-hydrogen) atoms. The van der Waals surface area contributed by atoms with E-state index in [4.69, 9.17) is 9.47 Å².